The van der Waals surface area contributed by atoms with Crippen molar-refractivity contribution in [2.45, 2.75) is 4.90 Å². The second-order valence-electron chi connectivity index (χ2n) is 3.53. The lowest BCUT2D eigenvalue weighted by molar-refractivity contribution is 0.417. The highest BCUT2D eigenvalue weighted by molar-refractivity contribution is 7.85. The van der Waals surface area contributed by atoms with E-state index in [1.807, 2.05) is 18.2 Å². The summed E-state index contributed by atoms with van der Waals surface area (Å²) in [6.07, 6.45) is 0. The van der Waals surface area contributed by atoms with Gasteiger partial charge in [-0.3, -0.25) is 4.55 Å². The van der Waals surface area contributed by atoms with E-state index in [1.165, 1.54) is 12.1 Å². The van der Waals surface area contributed by atoms with Gasteiger partial charge < -0.3 is 10.5 Å². The van der Waals surface area contributed by atoms with E-state index in [4.69, 9.17) is 15.0 Å². The van der Waals surface area contributed by atoms with Crippen molar-refractivity contribution in [3.63, 3.8) is 0 Å². The van der Waals surface area contributed by atoms with Gasteiger partial charge in [0.15, 0.2) is 0 Å². The van der Waals surface area contributed by atoms with E-state index < -0.39 is 10.1 Å². The third-order valence-electron chi connectivity index (χ3n) is 2.18. The maximum atomic E-state index is 10.4. The molecule has 2 aromatic rings. The van der Waals surface area contributed by atoms with Gasteiger partial charge in [-0.25, -0.2) is 0 Å². The van der Waals surface area contributed by atoms with Crippen LogP contribution in [0.3, 0.4) is 0 Å². The highest BCUT2D eigenvalue weighted by Crippen LogP contribution is 2.18. The Labute approximate surface area is 112 Å². The Hall–Kier alpha value is -2.05. The molecule has 0 saturated carbocycles. The molecule has 0 atom stereocenters. The number of ether oxygens (including phenoxy) is 1. The molecule has 0 aliphatic heterocycles. The van der Waals surface area contributed by atoms with Crippen LogP contribution in [0.4, 0.5) is 5.69 Å². The molecule has 0 aliphatic rings. The van der Waals surface area contributed by atoms with Gasteiger partial charge in [0.2, 0.25) is 0 Å². The standard InChI is InChI=1S/C7H9NO.C6H6O3S/c1-9-7-5-3-2-4-6(7)8;7-10(8,9)6-4-2-1-3-5-6/h2-5H,8H2,1H3;1-5H,(H,7,8,9). The van der Waals surface area contributed by atoms with Gasteiger partial charge in [-0.1, -0.05) is 30.3 Å². The van der Waals surface area contributed by atoms with Gasteiger partial charge >= 0.3 is 0 Å². The van der Waals surface area contributed by atoms with Crippen LogP contribution in [-0.2, 0) is 10.1 Å². The molecule has 0 heterocycles. The molecule has 0 radical (unpaired) electrons. The first-order chi connectivity index (χ1) is 8.95. The highest BCUT2D eigenvalue weighted by atomic mass is 32.2. The molecule has 19 heavy (non-hydrogen) atoms. The second kappa shape index (κ2) is 6.77. The van der Waals surface area contributed by atoms with Crippen molar-refractivity contribution in [3.05, 3.63) is 54.6 Å². The molecule has 2 rings (SSSR count). The Morgan fingerprint density at radius 2 is 1.53 bits per heavy atom. The highest BCUT2D eigenvalue weighted by Gasteiger charge is 2.05. The quantitative estimate of drug-likeness (QED) is 0.650. The lowest BCUT2D eigenvalue weighted by atomic mass is 10.3. The van der Waals surface area contributed by atoms with Gasteiger partial charge in [-0.15, -0.1) is 0 Å². The van der Waals surface area contributed by atoms with Crippen LogP contribution in [0.25, 0.3) is 0 Å². The van der Waals surface area contributed by atoms with Gasteiger partial charge in [0.1, 0.15) is 5.75 Å². The zero-order valence-electron chi connectivity index (χ0n) is 10.4. The number of hydrogen-bond donors (Lipinski definition) is 2. The molecule has 102 valence electrons. The van der Waals surface area contributed by atoms with Crippen LogP contribution in [0.5, 0.6) is 5.75 Å². The Morgan fingerprint density at radius 3 is 1.89 bits per heavy atom. The fraction of sp³-hybridized carbons (Fsp3) is 0.0769. The molecule has 5 nitrogen and oxygen atoms in total. The predicted molar refractivity (Wildman–Crippen MR) is 73.7 cm³/mol. The summed E-state index contributed by atoms with van der Waals surface area (Å²) < 4.78 is 34.2. The summed E-state index contributed by atoms with van der Waals surface area (Å²) in [5.41, 5.74) is 6.19. The smallest absolute Gasteiger partial charge is 0.294 e. The average Bonchev–Trinajstić information content (AvgIpc) is 2.40. The second-order valence-corrected chi connectivity index (χ2v) is 4.95. The lowest BCUT2D eigenvalue weighted by Crippen LogP contribution is -1.96. The number of hydrogen-bond acceptors (Lipinski definition) is 4. The van der Waals surface area contributed by atoms with Crippen LogP contribution in [-0.4, -0.2) is 20.1 Å². The number of rotatable bonds is 2. The van der Waals surface area contributed by atoms with E-state index in [0.717, 1.165) is 5.75 Å². The number of anilines is 1. The Morgan fingerprint density at radius 1 is 1.00 bits per heavy atom. The number of para-hydroxylation sites is 2. The van der Waals surface area contributed by atoms with Crippen LogP contribution in [0, 0.1) is 0 Å². The molecule has 6 heteroatoms. The summed E-state index contributed by atoms with van der Waals surface area (Å²) >= 11 is 0. The van der Waals surface area contributed by atoms with Crippen LogP contribution in [0.2, 0.25) is 0 Å². The molecule has 0 bridgehead atoms. The van der Waals surface area contributed by atoms with Gasteiger partial charge in [0.25, 0.3) is 10.1 Å². The van der Waals surface area contributed by atoms with Crippen molar-refractivity contribution >= 4 is 15.8 Å². The van der Waals surface area contributed by atoms with Crippen LogP contribution >= 0.6 is 0 Å². The van der Waals surface area contributed by atoms with Crippen molar-refractivity contribution in [2.24, 2.45) is 0 Å². The van der Waals surface area contributed by atoms with E-state index in [9.17, 15) is 8.42 Å². The molecule has 0 saturated heterocycles. The minimum absolute atomic E-state index is 0.0741. The molecular weight excluding hydrogens is 266 g/mol. The molecule has 0 amide bonds. The molecule has 2 aromatic carbocycles. The Bertz CT molecular complexity index is 612. The van der Waals surface area contributed by atoms with E-state index in [0.29, 0.717) is 5.69 Å². The molecule has 0 spiro atoms. The molecule has 0 fully saturated rings. The SMILES string of the molecule is COc1ccccc1N.O=S(=O)(O)c1ccccc1. The van der Waals surface area contributed by atoms with Crippen molar-refractivity contribution in [2.75, 3.05) is 12.8 Å². The number of methoxy groups -OCH3 is 1. The van der Waals surface area contributed by atoms with E-state index in [2.05, 4.69) is 0 Å². The zero-order chi connectivity index (χ0) is 14.3. The largest absolute Gasteiger partial charge is 0.495 e. The molecule has 0 aliphatic carbocycles. The minimum Gasteiger partial charge on any atom is -0.495 e. The molecule has 0 unspecified atom stereocenters. The van der Waals surface area contributed by atoms with Crippen molar-refractivity contribution < 1.29 is 17.7 Å². The monoisotopic (exact) mass is 281 g/mol. The Kier molecular flexibility index (Phi) is 5.35. The predicted octanol–water partition coefficient (Wildman–Crippen LogP) is 2.21. The van der Waals surface area contributed by atoms with E-state index >= 15 is 0 Å². The fourth-order valence-electron chi connectivity index (χ4n) is 1.26. The summed E-state index contributed by atoms with van der Waals surface area (Å²) in [6.45, 7) is 0. The third-order valence-corrected chi connectivity index (χ3v) is 3.05. The maximum absolute atomic E-state index is 10.4. The molecule has 3 N–H and O–H groups in total. The first-order valence-corrected chi connectivity index (χ1v) is 6.80. The number of benzene rings is 2. The van der Waals surface area contributed by atoms with Crippen molar-refractivity contribution in [1.82, 2.24) is 0 Å². The topological polar surface area (TPSA) is 89.6 Å². The first kappa shape index (κ1) is 15.0. The molecule has 0 aromatic heterocycles. The van der Waals surface area contributed by atoms with Crippen LogP contribution in [0.15, 0.2) is 59.5 Å². The Balaban J connectivity index is 0.000000191. The molecular formula is C13H15NO4S. The first-order valence-electron chi connectivity index (χ1n) is 5.36. The number of nitrogen functional groups attached to an aromatic ring is 1. The number of nitrogens with two attached hydrogens (primary N) is 1. The van der Waals surface area contributed by atoms with Gasteiger partial charge in [0.05, 0.1) is 17.7 Å². The minimum atomic E-state index is -4.00. The van der Waals surface area contributed by atoms with Crippen molar-refractivity contribution in [1.29, 1.82) is 0 Å². The van der Waals surface area contributed by atoms with Gasteiger partial charge in [-0.05, 0) is 24.3 Å². The van der Waals surface area contributed by atoms with Gasteiger partial charge in [0, 0.05) is 0 Å². The average molecular weight is 281 g/mol. The van der Waals surface area contributed by atoms with Gasteiger partial charge in [-0.2, -0.15) is 8.42 Å². The summed E-state index contributed by atoms with van der Waals surface area (Å²) in [5.74, 6) is 0.734. The third kappa shape index (κ3) is 4.99. The van der Waals surface area contributed by atoms with Crippen LogP contribution in [0.1, 0.15) is 0 Å². The summed E-state index contributed by atoms with van der Waals surface area (Å²) in [6, 6.07) is 14.8. The van der Waals surface area contributed by atoms with E-state index in [-0.39, 0.29) is 4.90 Å². The zero-order valence-corrected chi connectivity index (χ0v) is 11.2. The summed E-state index contributed by atoms with van der Waals surface area (Å²) in [7, 11) is -2.40. The van der Waals surface area contributed by atoms with Crippen molar-refractivity contribution in [3.8, 4) is 5.75 Å². The maximum Gasteiger partial charge on any atom is 0.294 e. The van der Waals surface area contributed by atoms with E-state index in [1.54, 1.807) is 31.4 Å². The fourth-order valence-corrected chi connectivity index (χ4v) is 1.76. The lowest BCUT2D eigenvalue weighted by Gasteiger charge is -2.00. The normalized spacial score (nSPS) is 10.2. The summed E-state index contributed by atoms with van der Waals surface area (Å²) in [4.78, 5) is -0.0741. The summed E-state index contributed by atoms with van der Waals surface area (Å²) in [5, 5.41) is 0. The van der Waals surface area contributed by atoms with Crippen LogP contribution < -0.4 is 10.5 Å².